The SMILES string of the molecule is CC(C)c1nc(Cn2cc(CC(=O)c3n[nH]c4cc(-c5cn[nH]c5)ccc34)cn2)cs1. The van der Waals surface area contributed by atoms with Crippen LogP contribution in [0.4, 0.5) is 0 Å². The molecule has 5 aromatic rings. The molecule has 0 amide bonds. The molecular formula is C22H21N7OS. The number of nitrogens with one attached hydrogen (secondary N) is 2. The normalized spacial score (nSPS) is 11.6. The highest BCUT2D eigenvalue weighted by Crippen LogP contribution is 2.25. The van der Waals surface area contributed by atoms with E-state index in [4.69, 9.17) is 0 Å². The predicted molar refractivity (Wildman–Crippen MR) is 119 cm³/mol. The van der Waals surface area contributed by atoms with E-state index in [0.29, 0.717) is 18.2 Å². The first-order chi connectivity index (χ1) is 15.1. The fourth-order valence-corrected chi connectivity index (χ4v) is 4.33. The molecule has 0 unspecified atom stereocenters. The molecule has 0 bridgehead atoms. The summed E-state index contributed by atoms with van der Waals surface area (Å²) in [6.07, 6.45) is 7.47. The first kappa shape index (κ1) is 19.4. The van der Waals surface area contributed by atoms with Gasteiger partial charge in [0.25, 0.3) is 0 Å². The monoisotopic (exact) mass is 431 g/mol. The van der Waals surface area contributed by atoms with Gasteiger partial charge in [0, 0.05) is 41.1 Å². The van der Waals surface area contributed by atoms with Crippen LogP contribution in [0.2, 0.25) is 0 Å². The number of benzene rings is 1. The average Bonchev–Trinajstić information content (AvgIpc) is 3.54. The van der Waals surface area contributed by atoms with Gasteiger partial charge in [0.2, 0.25) is 0 Å². The molecule has 156 valence electrons. The van der Waals surface area contributed by atoms with E-state index in [0.717, 1.165) is 38.3 Å². The lowest BCUT2D eigenvalue weighted by Gasteiger charge is -1.99. The third-order valence-corrected chi connectivity index (χ3v) is 6.29. The fraction of sp³-hybridized carbons (Fsp3) is 0.227. The molecule has 4 heterocycles. The molecule has 4 aromatic heterocycles. The molecule has 0 atom stereocenters. The summed E-state index contributed by atoms with van der Waals surface area (Å²) in [5.74, 6) is 0.376. The summed E-state index contributed by atoms with van der Waals surface area (Å²) in [5, 5.41) is 22.4. The Labute approximate surface area is 182 Å². The Morgan fingerprint density at radius 1 is 1.23 bits per heavy atom. The smallest absolute Gasteiger partial charge is 0.188 e. The van der Waals surface area contributed by atoms with Crippen molar-refractivity contribution in [3.8, 4) is 11.1 Å². The number of aromatic nitrogens is 7. The van der Waals surface area contributed by atoms with Crippen molar-refractivity contribution in [2.45, 2.75) is 32.7 Å². The van der Waals surface area contributed by atoms with E-state index in [1.807, 2.05) is 35.3 Å². The quantitative estimate of drug-likeness (QED) is 0.376. The standard InChI is InChI=1S/C22H21N7OS/c1-13(2)22-26-17(12-31-22)11-29-10-14(7-25-29)5-20(30)21-18-4-3-15(6-19(18)27-28-21)16-8-23-24-9-16/h3-4,6-10,12-13H,5,11H2,1-2H3,(H,23,24)(H,27,28). The molecule has 0 saturated heterocycles. The van der Waals surface area contributed by atoms with Crippen molar-refractivity contribution in [2.75, 3.05) is 0 Å². The van der Waals surface area contributed by atoms with Crippen LogP contribution in [0.5, 0.6) is 0 Å². The van der Waals surface area contributed by atoms with Crippen molar-refractivity contribution in [3.63, 3.8) is 0 Å². The van der Waals surface area contributed by atoms with Gasteiger partial charge in [-0.1, -0.05) is 19.9 Å². The predicted octanol–water partition coefficient (Wildman–Crippen LogP) is 4.20. The largest absolute Gasteiger partial charge is 0.292 e. The van der Waals surface area contributed by atoms with Crippen molar-refractivity contribution in [1.29, 1.82) is 0 Å². The molecular weight excluding hydrogens is 410 g/mol. The van der Waals surface area contributed by atoms with Crippen LogP contribution in [0.25, 0.3) is 22.0 Å². The summed E-state index contributed by atoms with van der Waals surface area (Å²) in [7, 11) is 0. The van der Waals surface area contributed by atoms with Crippen LogP contribution in [0.15, 0.2) is 48.4 Å². The number of rotatable bonds is 7. The molecule has 0 saturated carbocycles. The number of nitrogens with zero attached hydrogens (tertiary/aromatic N) is 5. The second-order valence-corrected chi connectivity index (χ2v) is 8.69. The Kier molecular flexibility index (Phi) is 4.95. The zero-order valence-corrected chi connectivity index (χ0v) is 18.0. The highest BCUT2D eigenvalue weighted by atomic mass is 32.1. The van der Waals surface area contributed by atoms with Crippen LogP contribution in [-0.2, 0) is 13.0 Å². The van der Waals surface area contributed by atoms with Crippen molar-refractivity contribution in [2.24, 2.45) is 0 Å². The van der Waals surface area contributed by atoms with Gasteiger partial charge in [0.05, 0.1) is 35.2 Å². The Morgan fingerprint density at radius 2 is 2.13 bits per heavy atom. The number of Topliss-reactive ketones (excluding diaryl/α,β-unsaturated/α-hetero) is 1. The molecule has 31 heavy (non-hydrogen) atoms. The summed E-state index contributed by atoms with van der Waals surface area (Å²) in [6.45, 7) is 4.87. The van der Waals surface area contributed by atoms with Gasteiger partial charge in [-0.15, -0.1) is 11.3 Å². The van der Waals surface area contributed by atoms with E-state index >= 15 is 0 Å². The maximum absolute atomic E-state index is 12.9. The van der Waals surface area contributed by atoms with Crippen LogP contribution in [0, 0.1) is 0 Å². The molecule has 0 aliphatic carbocycles. The van der Waals surface area contributed by atoms with E-state index in [2.05, 4.69) is 49.7 Å². The number of ketones is 1. The minimum atomic E-state index is -0.0439. The number of aromatic amines is 2. The van der Waals surface area contributed by atoms with E-state index in [1.54, 1.807) is 23.7 Å². The number of hydrogen-bond donors (Lipinski definition) is 2. The van der Waals surface area contributed by atoms with Crippen molar-refractivity contribution in [1.82, 2.24) is 35.2 Å². The molecule has 2 N–H and O–H groups in total. The highest BCUT2D eigenvalue weighted by Gasteiger charge is 2.16. The molecule has 1 aromatic carbocycles. The molecule has 0 aliphatic heterocycles. The van der Waals surface area contributed by atoms with E-state index in [9.17, 15) is 4.79 Å². The molecule has 0 fully saturated rings. The third-order valence-electron chi connectivity index (χ3n) is 5.10. The Hall–Kier alpha value is -3.59. The summed E-state index contributed by atoms with van der Waals surface area (Å²) < 4.78 is 1.82. The summed E-state index contributed by atoms with van der Waals surface area (Å²) in [4.78, 5) is 17.5. The molecule has 0 radical (unpaired) electrons. The lowest BCUT2D eigenvalue weighted by Crippen LogP contribution is -2.04. The average molecular weight is 432 g/mol. The number of hydrogen-bond acceptors (Lipinski definition) is 6. The molecule has 8 nitrogen and oxygen atoms in total. The first-order valence-electron chi connectivity index (χ1n) is 10.0. The number of carbonyl (C=O) groups excluding carboxylic acids is 1. The summed E-state index contributed by atoms with van der Waals surface area (Å²) >= 11 is 1.67. The van der Waals surface area contributed by atoms with Gasteiger partial charge in [0.15, 0.2) is 5.78 Å². The van der Waals surface area contributed by atoms with Gasteiger partial charge in [-0.3, -0.25) is 19.7 Å². The number of fused-ring (bicyclic) bond motifs is 1. The van der Waals surface area contributed by atoms with Crippen molar-refractivity contribution >= 4 is 28.0 Å². The highest BCUT2D eigenvalue weighted by molar-refractivity contribution is 7.09. The second kappa shape index (κ2) is 7.92. The van der Waals surface area contributed by atoms with Crippen LogP contribution < -0.4 is 0 Å². The third kappa shape index (κ3) is 3.91. The zero-order valence-electron chi connectivity index (χ0n) is 17.2. The maximum Gasteiger partial charge on any atom is 0.188 e. The first-order valence-corrected chi connectivity index (χ1v) is 10.9. The van der Waals surface area contributed by atoms with E-state index in [-0.39, 0.29) is 12.2 Å². The number of H-pyrrole nitrogens is 2. The fourth-order valence-electron chi connectivity index (χ4n) is 3.50. The van der Waals surface area contributed by atoms with Crippen molar-refractivity contribution < 1.29 is 4.79 Å². The van der Waals surface area contributed by atoms with Gasteiger partial charge in [0.1, 0.15) is 5.69 Å². The van der Waals surface area contributed by atoms with Gasteiger partial charge in [-0.2, -0.15) is 15.3 Å². The topological polar surface area (TPSA) is 105 Å². The summed E-state index contributed by atoms with van der Waals surface area (Å²) in [5.41, 5.74) is 5.10. The minimum absolute atomic E-state index is 0.0439. The Balaban J connectivity index is 1.30. The van der Waals surface area contributed by atoms with Gasteiger partial charge < -0.3 is 0 Å². The lowest BCUT2D eigenvalue weighted by molar-refractivity contribution is 0.0989. The van der Waals surface area contributed by atoms with Crippen LogP contribution >= 0.6 is 11.3 Å². The molecule has 5 rings (SSSR count). The van der Waals surface area contributed by atoms with E-state index in [1.165, 1.54) is 0 Å². The Morgan fingerprint density at radius 3 is 2.90 bits per heavy atom. The Bertz CT molecular complexity index is 1340. The van der Waals surface area contributed by atoms with Gasteiger partial charge >= 0.3 is 0 Å². The van der Waals surface area contributed by atoms with E-state index < -0.39 is 0 Å². The van der Waals surface area contributed by atoms with Gasteiger partial charge in [-0.25, -0.2) is 4.98 Å². The summed E-state index contributed by atoms with van der Waals surface area (Å²) in [6, 6.07) is 5.87. The van der Waals surface area contributed by atoms with Crippen LogP contribution in [0.1, 0.15) is 46.5 Å². The van der Waals surface area contributed by atoms with Crippen LogP contribution in [-0.4, -0.2) is 40.9 Å². The van der Waals surface area contributed by atoms with Crippen LogP contribution in [0.3, 0.4) is 0 Å². The zero-order chi connectivity index (χ0) is 21.4. The van der Waals surface area contributed by atoms with Gasteiger partial charge in [-0.05, 0) is 23.3 Å². The second-order valence-electron chi connectivity index (χ2n) is 7.80. The molecule has 9 heteroatoms. The number of carbonyl (C=O) groups is 1. The molecule has 0 spiro atoms. The maximum atomic E-state index is 12.9. The minimum Gasteiger partial charge on any atom is -0.292 e. The molecule has 0 aliphatic rings. The lowest BCUT2D eigenvalue weighted by atomic mass is 10.0. The number of thiazole rings is 1. The van der Waals surface area contributed by atoms with Crippen molar-refractivity contribution in [3.05, 3.63) is 70.3 Å².